The van der Waals surface area contributed by atoms with Crippen LogP contribution in [-0.4, -0.2) is 42.0 Å². The van der Waals surface area contributed by atoms with E-state index in [1.165, 1.54) is 17.0 Å². The highest BCUT2D eigenvalue weighted by atomic mass is 19.1. The molecule has 1 heterocycles. The molecule has 1 aliphatic heterocycles. The predicted octanol–water partition coefficient (Wildman–Crippen LogP) is 0.849. The monoisotopic (exact) mass is 280 g/mol. The first-order chi connectivity index (χ1) is 9.38. The average Bonchev–Trinajstić information content (AvgIpc) is 2.37. The normalized spacial score (nSPS) is 22.6. The van der Waals surface area contributed by atoms with E-state index < -0.39 is 23.7 Å². The molecule has 1 aromatic rings. The van der Waals surface area contributed by atoms with Gasteiger partial charge in [0.15, 0.2) is 6.10 Å². The fourth-order valence-corrected chi connectivity index (χ4v) is 2.24. The van der Waals surface area contributed by atoms with Gasteiger partial charge in [-0.3, -0.25) is 9.59 Å². The Labute approximate surface area is 116 Å². The van der Waals surface area contributed by atoms with Crippen molar-refractivity contribution in [2.24, 2.45) is 5.73 Å². The smallest absolute Gasteiger partial charge is 0.257 e. The van der Waals surface area contributed by atoms with E-state index in [1.54, 1.807) is 19.9 Å². The summed E-state index contributed by atoms with van der Waals surface area (Å²) in [5.74, 6) is -1.65. The van der Waals surface area contributed by atoms with Gasteiger partial charge in [0.25, 0.3) is 5.91 Å². The van der Waals surface area contributed by atoms with Crippen LogP contribution < -0.4 is 5.73 Å². The van der Waals surface area contributed by atoms with Crippen LogP contribution in [0.5, 0.6) is 0 Å². The molecule has 0 spiro atoms. The highest BCUT2D eigenvalue weighted by molar-refractivity contribution is 5.95. The van der Waals surface area contributed by atoms with E-state index in [9.17, 15) is 14.0 Å². The van der Waals surface area contributed by atoms with E-state index in [-0.39, 0.29) is 18.2 Å². The Morgan fingerprint density at radius 1 is 1.40 bits per heavy atom. The highest BCUT2D eigenvalue weighted by Gasteiger charge is 2.32. The molecule has 0 saturated carbocycles. The number of nitrogens with zero attached hydrogens (tertiary/aromatic N) is 1. The van der Waals surface area contributed by atoms with Crippen molar-refractivity contribution >= 4 is 11.8 Å². The van der Waals surface area contributed by atoms with Crippen molar-refractivity contribution < 1.29 is 18.7 Å². The number of nitrogens with two attached hydrogens (primary N) is 1. The molecular formula is C14H17FN2O3. The molecule has 1 saturated heterocycles. The molecule has 1 aromatic carbocycles. The lowest BCUT2D eigenvalue weighted by atomic mass is 10.1. The molecule has 2 atom stereocenters. The zero-order valence-electron chi connectivity index (χ0n) is 11.4. The number of hydrogen-bond donors (Lipinski definition) is 1. The Kier molecular flexibility index (Phi) is 4.04. The second-order valence-corrected chi connectivity index (χ2v) is 5.03. The molecule has 1 fully saturated rings. The number of rotatable bonds is 2. The number of benzene rings is 1. The second-order valence-electron chi connectivity index (χ2n) is 5.03. The lowest BCUT2D eigenvalue weighted by molar-refractivity contribution is -0.140. The number of aryl methyl sites for hydroxylation is 1. The second kappa shape index (κ2) is 5.58. The lowest BCUT2D eigenvalue weighted by Crippen LogP contribution is -2.53. The molecule has 6 heteroatoms. The molecule has 2 N–H and O–H groups in total. The summed E-state index contributed by atoms with van der Waals surface area (Å²) in [7, 11) is 0. The summed E-state index contributed by atoms with van der Waals surface area (Å²) in [4.78, 5) is 24.9. The summed E-state index contributed by atoms with van der Waals surface area (Å²) >= 11 is 0. The van der Waals surface area contributed by atoms with Crippen molar-refractivity contribution in [1.82, 2.24) is 4.90 Å². The van der Waals surface area contributed by atoms with Gasteiger partial charge in [-0.2, -0.15) is 0 Å². The molecule has 108 valence electrons. The Bertz CT molecular complexity index is 547. The van der Waals surface area contributed by atoms with Crippen molar-refractivity contribution in [1.29, 1.82) is 0 Å². The van der Waals surface area contributed by atoms with Gasteiger partial charge in [-0.1, -0.05) is 6.07 Å². The van der Waals surface area contributed by atoms with Crippen LogP contribution in [0.4, 0.5) is 4.39 Å². The minimum Gasteiger partial charge on any atom is -0.367 e. The first kappa shape index (κ1) is 14.5. The number of primary amides is 1. The van der Waals surface area contributed by atoms with Crippen LogP contribution in [0.25, 0.3) is 0 Å². The minimum absolute atomic E-state index is 0.00656. The summed E-state index contributed by atoms with van der Waals surface area (Å²) in [6, 6.07) is 4.43. The van der Waals surface area contributed by atoms with Gasteiger partial charge in [-0.05, 0) is 31.5 Å². The van der Waals surface area contributed by atoms with E-state index in [0.29, 0.717) is 6.54 Å². The van der Waals surface area contributed by atoms with Crippen LogP contribution in [0.15, 0.2) is 18.2 Å². The van der Waals surface area contributed by atoms with Gasteiger partial charge < -0.3 is 15.4 Å². The SMILES string of the molecule is Cc1ccc(C(=O)N2C[C@@H](C)O[C@@H](C(N)=O)C2)c(F)c1. The number of carbonyl (C=O) groups excluding carboxylic acids is 2. The van der Waals surface area contributed by atoms with Crippen molar-refractivity contribution in [3.63, 3.8) is 0 Å². The molecule has 0 unspecified atom stereocenters. The molecule has 0 bridgehead atoms. The fourth-order valence-electron chi connectivity index (χ4n) is 2.24. The van der Waals surface area contributed by atoms with Crippen LogP contribution in [0, 0.1) is 12.7 Å². The van der Waals surface area contributed by atoms with Gasteiger partial charge in [0.2, 0.25) is 5.91 Å². The van der Waals surface area contributed by atoms with Crippen molar-refractivity contribution in [3.05, 3.63) is 35.1 Å². The largest absolute Gasteiger partial charge is 0.367 e. The van der Waals surface area contributed by atoms with Gasteiger partial charge >= 0.3 is 0 Å². The maximum Gasteiger partial charge on any atom is 0.257 e. The third-order valence-corrected chi connectivity index (χ3v) is 3.22. The summed E-state index contributed by atoms with van der Waals surface area (Å²) in [6.45, 7) is 3.83. The van der Waals surface area contributed by atoms with E-state index in [4.69, 9.17) is 10.5 Å². The van der Waals surface area contributed by atoms with Crippen molar-refractivity contribution in [3.8, 4) is 0 Å². The van der Waals surface area contributed by atoms with Crippen LogP contribution in [0.1, 0.15) is 22.8 Å². The lowest BCUT2D eigenvalue weighted by Gasteiger charge is -2.35. The zero-order valence-corrected chi connectivity index (χ0v) is 11.4. The Balaban J connectivity index is 2.21. The number of hydrogen-bond acceptors (Lipinski definition) is 3. The number of amides is 2. The van der Waals surface area contributed by atoms with Gasteiger partial charge in [-0.15, -0.1) is 0 Å². The van der Waals surface area contributed by atoms with Crippen LogP contribution >= 0.6 is 0 Å². The van der Waals surface area contributed by atoms with Gasteiger partial charge in [0.1, 0.15) is 5.82 Å². The molecular weight excluding hydrogens is 263 g/mol. The predicted molar refractivity (Wildman–Crippen MR) is 70.6 cm³/mol. The Morgan fingerprint density at radius 2 is 2.10 bits per heavy atom. The number of halogens is 1. The minimum atomic E-state index is -0.851. The summed E-state index contributed by atoms with van der Waals surface area (Å²) in [5, 5.41) is 0. The highest BCUT2D eigenvalue weighted by Crippen LogP contribution is 2.17. The quantitative estimate of drug-likeness (QED) is 0.873. The number of ether oxygens (including phenoxy) is 1. The zero-order chi connectivity index (χ0) is 14.9. The number of morpholine rings is 1. The number of carbonyl (C=O) groups is 2. The van der Waals surface area contributed by atoms with E-state index in [0.717, 1.165) is 5.56 Å². The topological polar surface area (TPSA) is 72.6 Å². The average molecular weight is 280 g/mol. The van der Waals surface area contributed by atoms with E-state index >= 15 is 0 Å². The van der Waals surface area contributed by atoms with E-state index in [1.807, 2.05) is 0 Å². The standard InChI is InChI=1S/C14H17FN2O3/c1-8-3-4-10(11(15)5-8)14(19)17-6-9(2)20-12(7-17)13(16)18/h3-5,9,12H,6-7H2,1-2H3,(H2,16,18)/t9-,12-/m1/s1. The Morgan fingerprint density at radius 3 is 2.70 bits per heavy atom. The molecule has 1 aliphatic rings. The molecule has 20 heavy (non-hydrogen) atoms. The van der Waals surface area contributed by atoms with Gasteiger partial charge in [0.05, 0.1) is 18.2 Å². The van der Waals surface area contributed by atoms with Gasteiger partial charge in [0, 0.05) is 6.54 Å². The van der Waals surface area contributed by atoms with Crippen LogP contribution in [0.2, 0.25) is 0 Å². The van der Waals surface area contributed by atoms with E-state index in [2.05, 4.69) is 0 Å². The molecule has 5 nitrogen and oxygen atoms in total. The van der Waals surface area contributed by atoms with Crippen molar-refractivity contribution in [2.45, 2.75) is 26.1 Å². The summed E-state index contributed by atoms with van der Waals surface area (Å²) in [5.41, 5.74) is 5.94. The van der Waals surface area contributed by atoms with Crippen LogP contribution in [-0.2, 0) is 9.53 Å². The summed E-state index contributed by atoms with van der Waals surface area (Å²) < 4.78 is 19.2. The molecule has 0 radical (unpaired) electrons. The maximum atomic E-state index is 13.8. The molecule has 2 rings (SSSR count). The first-order valence-electron chi connectivity index (χ1n) is 6.38. The third-order valence-electron chi connectivity index (χ3n) is 3.22. The molecule has 2 amide bonds. The first-order valence-corrected chi connectivity index (χ1v) is 6.38. The summed E-state index contributed by atoms with van der Waals surface area (Å²) in [6.07, 6.45) is -1.17. The maximum absolute atomic E-state index is 13.8. The van der Waals surface area contributed by atoms with Crippen LogP contribution in [0.3, 0.4) is 0 Å². The van der Waals surface area contributed by atoms with Crippen molar-refractivity contribution in [2.75, 3.05) is 13.1 Å². The third kappa shape index (κ3) is 2.96. The Hall–Kier alpha value is -1.95. The molecule has 0 aliphatic carbocycles. The van der Waals surface area contributed by atoms with Gasteiger partial charge in [-0.25, -0.2) is 4.39 Å². The fraction of sp³-hybridized carbons (Fsp3) is 0.429. The molecule has 0 aromatic heterocycles.